The van der Waals surface area contributed by atoms with Gasteiger partial charge in [0.15, 0.2) is 0 Å². The van der Waals surface area contributed by atoms with Gasteiger partial charge in [-0.3, -0.25) is 0 Å². The third-order valence-electron chi connectivity index (χ3n) is 4.49. The molecule has 0 bridgehead atoms. The van der Waals surface area contributed by atoms with Crippen molar-refractivity contribution in [2.24, 2.45) is 0 Å². The predicted molar refractivity (Wildman–Crippen MR) is 58.6 cm³/mol. The van der Waals surface area contributed by atoms with Crippen LogP contribution in [-0.4, -0.2) is 21.8 Å². The Balaban J connectivity index is 1.64. The van der Waals surface area contributed by atoms with Crippen LogP contribution in [-0.2, 0) is 0 Å². The maximum atomic E-state index is 1.67. The first-order valence-electron chi connectivity index (χ1n) is 6.22. The Kier molecular flexibility index (Phi) is 2.67. The van der Waals surface area contributed by atoms with Crippen LogP contribution < -0.4 is 0 Å². The summed E-state index contributed by atoms with van der Waals surface area (Å²) >= 11 is -0.931. The first-order valence-corrected chi connectivity index (χ1v) is 12.2. The predicted octanol–water partition coefficient (Wildman–Crippen LogP) is 4.14. The quantitative estimate of drug-likeness (QED) is 0.652. The van der Waals surface area contributed by atoms with E-state index in [0.29, 0.717) is 0 Å². The van der Waals surface area contributed by atoms with Gasteiger partial charge in [-0.05, 0) is 0 Å². The van der Waals surface area contributed by atoms with E-state index in [2.05, 4.69) is 0 Å². The topological polar surface area (TPSA) is 0 Å². The van der Waals surface area contributed by atoms with E-state index in [1.54, 1.807) is 57.8 Å². The fraction of sp³-hybridized carbons (Fsp3) is 1.00. The molecule has 0 radical (unpaired) electrons. The summed E-state index contributed by atoms with van der Waals surface area (Å²) in [4.78, 5) is 0. The molecule has 0 aromatic rings. The monoisotopic (exact) mass is 374 g/mol. The van der Waals surface area contributed by atoms with Crippen molar-refractivity contribution in [2.75, 3.05) is 0 Å². The molecule has 0 spiro atoms. The molecule has 3 saturated carbocycles. The van der Waals surface area contributed by atoms with Crippen LogP contribution in [0.15, 0.2) is 0 Å². The third-order valence-corrected chi connectivity index (χ3v) is 20.3. The van der Waals surface area contributed by atoms with E-state index in [4.69, 9.17) is 0 Å². The summed E-state index contributed by atoms with van der Waals surface area (Å²) in [5.74, 6) is 0. The van der Waals surface area contributed by atoms with E-state index in [-0.39, 0.29) is 0 Å². The van der Waals surface area contributed by atoms with Gasteiger partial charge in [0.1, 0.15) is 0 Å². The second kappa shape index (κ2) is 3.80. The Morgan fingerprint density at radius 2 is 0.846 bits per heavy atom. The fourth-order valence-electron chi connectivity index (χ4n) is 2.95. The summed E-state index contributed by atoms with van der Waals surface area (Å²) < 4.78 is 4.14. The van der Waals surface area contributed by atoms with Gasteiger partial charge in [0.25, 0.3) is 0 Å². The van der Waals surface area contributed by atoms with Gasteiger partial charge in [0.05, 0.1) is 0 Å². The van der Waals surface area contributed by atoms with E-state index >= 15 is 0 Å². The zero-order valence-electron chi connectivity index (χ0n) is 8.54. The zero-order chi connectivity index (χ0) is 8.67. The molecule has 0 amide bonds. The second-order valence-electron chi connectivity index (χ2n) is 5.20. The maximum absolute atomic E-state index is 1.67. The molecule has 0 aliphatic heterocycles. The molecule has 1 heteroatoms. The summed E-state index contributed by atoms with van der Waals surface area (Å²) in [6.07, 6.45) is 14.8. The Bertz CT molecular complexity index is 144. The molecule has 3 rings (SSSR count). The molecule has 13 heavy (non-hydrogen) atoms. The molecular weight excluding hydrogens is 353 g/mol. The van der Waals surface area contributed by atoms with Crippen molar-refractivity contribution >= 4 is 21.8 Å². The van der Waals surface area contributed by atoms with Gasteiger partial charge >= 0.3 is 90.4 Å². The molecule has 3 aliphatic carbocycles. The van der Waals surface area contributed by atoms with E-state index < -0.39 is 21.8 Å². The first kappa shape index (κ1) is 9.13. The van der Waals surface area contributed by atoms with Crippen molar-refractivity contribution in [1.29, 1.82) is 0 Å². The van der Waals surface area contributed by atoms with Crippen LogP contribution >= 0.6 is 0 Å². The van der Waals surface area contributed by atoms with Crippen LogP contribution in [0.2, 0.25) is 10.9 Å². The van der Waals surface area contributed by atoms with E-state index in [0.717, 1.165) is 0 Å². The minimum absolute atomic E-state index is 0.931. The van der Waals surface area contributed by atoms with E-state index in [9.17, 15) is 0 Å². The van der Waals surface area contributed by atoms with Crippen LogP contribution in [0.5, 0.6) is 0 Å². The second-order valence-corrected chi connectivity index (χ2v) is 17.2. The molecular formula is C12H21Bi. The molecule has 0 atom stereocenters. The summed E-state index contributed by atoms with van der Waals surface area (Å²) in [6, 6.07) is 0. The molecule has 0 aromatic heterocycles. The SMILES string of the molecule is C1C[CH]([Bi]([CH]2CCC2)[CH]2CCC2)C1. The summed E-state index contributed by atoms with van der Waals surface area (Å²) in [5, 5.41) is 0. The molecule has 3 fully saturated rings. The first-order chi connectivity index (χ1) is 6.45. The van der Waals surface area contributed by atoms with Crippen LogP contribution in [0, 0.1) is 0 Å². The molecule has 0 saturated heterocycles. The Labute approximate surface area is 90.2 Å². The molecule has 0 aromatic carbocycles. The molecule has 0 unspecified atom stereocenters. The summed E-state index contributed by atoms with van der Waals surface area (Å²) in [5.41, 5.74) is 0. The number of hydrogen-bond acceptors (Lipinski definition) is 0. The Morgan fingerprint density at radius 3 is 1.00 bits per heavy atom. The van der Waals surface area contributed by atoms with Gasteiger partial charge in [0.2, 0.25) is 0 Å². The number of hydrogen-bond donors (Lipinski definition) is 0. The third kappa shape index (κ3) is 1.60. The van der Waals surface area contributed by atoms with Crippen molar-refractivity contribution in [1.82, 2.24) is 0 Å². The molecule has 3 aliphatic rings. The van der Waals surface area contributed by atoms with E-state index in [1.165, 1.54) is 10.9 Å². The van der Waals surface area contributed by atoms with Gasteiger partial charge in [0, 0.05) is 0 Å². The average Bonchev–Trinajstić information content (AvgIpc) is 1.73. The Morgan fingerprint density at radius 1 is 0.538 bits per heavy atom. The van der Waals surface area contributed by atoms with Crippen LogP contribution in [0.25, 0.3) is 0 Å². The van der Waals surface area contributed by atoms with E-state index in [1.807, 2.05) is 0 Å². The standard InChI is InChI=1S/3C4H7.Bi/c3*1-2-4-3-1;/h3*1H,2-4H2;. The van der Waals surface area contributed by atoms with Crippen molar-refractivity contribution in [3.63, 3.8) is 0 Å². The van der Waals surface area contributed by atoms with Gasteiger partial charge < -0.3 is 0 Å². The summed E-state index contributed by atoms with van der Waals surface area (Å²) in [6.45, 7) is 0. The van der Waals surface area contributed by atoms with Gasteiger partial charge in [-0.1, -0.05) is 0 Å². The summed E-state index contributed by atoms with van der Waals surface area (Å²) in [7, 11) is 0. The molecule has 0 heterocycles. The van der Waals surface area contributed by atoms with Crippen LogP contribution in [0.4, 0.5) is 0 Å². The fourth-order valence-corrected chi connectivity index (χ4v) is 21.1. The normalized spacial score (nSPS) is 31.2. The minimum atomic E-state index is -0.931. The van der Waals surface area contributed by atoms with Gasteiger partial charge in [-0.15, -0.1) is 0 Å². The van der Waals surface area contributed by atoms with Crippen molar-refractivity contribution < 1.29 is 0 Å². The van der Waals surface area contributed by atoms with Crippen molar-refractivity contribution in [2.45, 2.75) is 68.7 Å². The van der Waals surface area contributed by atoms with Crippen LogP contribution in [0.1, 0.15) is 57.8 Å². The van der Waals surface area contributed by atoms with Crippen molar-refractivity contribution in [3.05, 3.63) is 0 Å². The van der Waals surface area contributed by atoms with Gasteiger partial charge in [-0.25, -0.2) is 0 Å². The molecule has 0 N–H and O–H groups in total. The van der Waals surface area contributed by atoms with Crippen LogP contribution in [0.3, 0.4) is 0 Å². The van der Waals surface area contributed by atoms with Gasteiger partial charge in [-0.2, -0.15) is 0 Å². The zero-order valence-corrected chi connectivity index (χ0v) is 12.0. The van der Waals surface area contributed by atoms with Crippen molar-refractivity contribution in [3.8, 4) is 0 Å². The Hall–Kier alpha value is 0.883. The average molecular weight is 374 g/mol. The molecule has 0 nitrogen and oxygen atoms in total. The number of rotatable bonds is 3. The molecule has 74 valence electrons.